The number of rotatable bonds is 4. The number of carboxylic acid groups (broad SMARTS) is 1. The van der Waals surface area contributed by atoms with E-state index in [4.69, 9.17) is 16.3 Å². The summed E-state index contributed by atoms with van der Waals surface area (Å²) in [4.78, 5) is 35.2. The molecule has 1 N–H and O–H groups in total. The Morgan fingerprint density at radius 2 is 1.87 bits per heavy atom. The zero-order valence-electron chi connectivity index (χ0n) is 18.0. The Morgan fingerprint density at radius 3 is 2.57 bits per heavy atom. The van der Waals surface area contributed by atoms with Gasteiger partial charge in [0.25, 0.3) is 0 Å². The van der Waals surface area contributed by atoms with Crippen LogP contribution in [0.3, 0.4) is 0 Å². The van der Waals surface area contributed by atoms with Gasteiger partial charge in [-0.05, 0) is 74.2 Å². The lowest BCUT2D eigenvalue weighted by molar-refractivity contribution is -0.172. The minimum Gasteiger partial charge on any atom is -0.481 e. The van der Waals surface area contributed by atoms with Crippen LogP contribution in [-0.2, 0) is 19.1 Å². The van der Waals surface area contributed by atoms with Gasteiger partial charge in [0.05, 0.1) is 12.8 Å². The second-order valence-corrected chi connectivity index (χ2v) is 10.3. The Balaban J connectivity index is 1.58. The van der Waals surface area contributed by atoms with E-state index in [9.17, 15) is 14.4 Å². The van der Waals surface area contributed by atoms with E-state index in [1.165, 1.54) is 5.57 Å². The molecule has 30 heavy (non-hydrogen) atoms. The van der Waals surface area contributed by atoms with Crippen molar-refractivity contribution >= 4 is 17.7 Å². The summed E-state index contributed by atoms with van der Waals surface area (Å²) in [5.74, 6) is 3.05. The van der Waals surface area contributed by atoms with E-state index in [0.717, 1.165) is 38.5 Å². The molecular weight excluding hydrogens is 380 g/mol. The molecule has 0 aromatic heterocycles. The molecule has 5 heteroatoms. The van der Waals surface area contributed by atoms with Crippen LogP contribution < -0.4 is 0 Å². The molecule has 0 aromatic carbocycles. The number of ketones is 1. The molecule has 3 fully saturated rings. The first-order chi connectivity index (χ1) is 14.1. The van der Waals surface area contributed by atoms with Crippen LogP contribution in [0, 0.1) is 40.9 Å². The van der Waals surface area contributed by atoms with Gasteiger partial charge in [-0.25, -0.2) is 0 Å². The van der Waals surface area contributed by atoms with Crippen LogP contribution in [0.5, 0.6) is 0 Å². The first-order valence-electron chi connectivity index (χ1n) is 11.3. The molecule has 4 rings (SSSR count). The fraction of sp³-hybridized carbons (Fsp3) is 0.720. The van der Waals surface area contributed by atoms with Crippen LogP contribution in [-0.4, -0.2) is 28.4 Å². The van der Waals surface area contributed by atoms with Crippen molar-refractivity contribution in [3.05, 3.63) is 11.6 Å². The zero-order valence-corrected chi connectivity index (χ0v) is 18.0. The van der Waals surface area contributed by atoms with Crippen LogP contribution in [0.2, 0.25) is 0 Å². The highest BCUT2D eigenvalue weighted by Gasteiger charge is 2.65. The van der Waals surface area contributed by atoms with Crippen LogP contribution >= 0.6 is 0 Å². The van der Waals surface area contributed by atoms with E-state index in [1.807, 2.05) is 6.08 Å². The number of terminal acetylenes is 1. The lowest BCUT2D eigenvalue weighted by atomic mass is 9.46. The topological polar surface area (TPSA) is 80.7 Å². The molecular formula is C25H32O5. The van der Waals surface area contributed by atoms with Crippen molar-refractivity contribution in [2.75, 3.05) is 0 Å². The van der Waals surface area contributed by atoms with E-state index < -0.39 is 17.5 Å². The van der Waals surface area contributed by atoms with E-state index in [0.29, 0.717) is 30.6 Å². The molecule has 4 aliphatic carbocycles. The summed E-state index contributed by atoms with van der Waals surface area (Å²) < 4.78 is 5.90. The largest absolute Gasteiger partial charge is 0.481 e. The number of carboxylic acids is 1. The molecule has 5 nitrogen and oxygen atoms in total. The van der Waals surface area contributed by atoms with Gasteiger partial charge in [0.15, 0.2) is 11.4 Å². The monoisotopic (exact) mass is 412 g/mol. The van der Waals surface area contributed by atoms with Crippen molar-refractivity contribution in [2.24, 2.45) is 28.6 Å². The zero-order chi connectivity index (χ0) is 21.7. The Hall–Kier alpha value is -2.09. The predicted molar refractivity (Wildman–Crippen MR) is 111 cm³/mol. The normalized spacial score (nSPS) is 42.2. The third kappa shape index (κ3) is 3.02. The molecule has 0 unspecified atom stereocenters. The molecule has 162 valence electrons. The summed E-state index contributed by atoms with van der Waals surface area (Å²) in [5, 5.41) is 8.87. The van der Waals surface area contributed by atoms with Gasteiger partial charge in [-0.15, -0.1) is 6.42 Å². The van der Waals surface area contributed by atoms with Crippen LogP contribution in [0.4, 0.5) is 0 Å². The van der Waals surface area contributed by atoms with Gasteiger partial charge in [0.1, 0.15) is 0 Å². The number of hydrogen-bond donors (Lipinski definition) is 1. The summed E-state index contributed by atoms with van der Waals surface area (Å²) in [6.45, 7) is 4.53. The second-order valence-electron chi connectivity index (χ2n) is 10.3. The number of ether oxygens (including phenoxy) is 1. The van der Waals surface area contributed by atoms with Gasteiger partial charge < -0.3 is 9.84 Å². The summed E-state index contributed by atoms with van der Waals surface area (Å²) in [6, 6.07) is 0. The van der Waals surface area contributed by atoms with Crippen molar-refractivity contribution in [3.63, 3.8) is 0 Å². The molecule has 3 saturated carbocycles. The molecule has 0 aromatic rings. The lowest BCUT2D eigenvalue weighted by Crippen LogP contribution is -2.55. The van der Waals surface area contributed by atoms with E-state index in [2.05, 4.69) is 19.8 Å². The maximum atomic E-state index is 12.4. The van der Waals surface area contributed by atoms with Crippen molar-refractivity contribution in [1.29, 1.82) is 0 Å². The average Bonchev–Trinajstić information content (AvgIpc) is 2.99. The predicted octanol–water partition coefficient (Wildman–Crippen LogP) is 4.30. The van der Waals surface area contributed by atoms with Gasteiger partial charge in [-0.3, -0.25) is 14.4 Å². The lowest BCUT2D eigenvalue weighted by Gasteiger charge is -2.58. The van der Waals surface area contributed by atoms with E-state index in [1.54, 1.807) is 0 Å². The van der Waals surface area contributed by atoms with Crippen molar-refractivity contribution in [2.45, 2.75) is 83.7 Å². The van der Waals surface area contributed by atoms with Crippen molar-refractivity contribution < 1.29 is 24.2 Å². The number of hydrogen-bond acceptors (Lipinski definition) is 4. The molecule has 0 radical (unpaired) electrons. The fourth-order valence-electron chi connectivity index (χ4n) is 7.45. The molecule has 0 bridgehead atoms. The van der Waals surface area contributed by atoms with Gasteiger partial charge in [-0.1, -0.05) is 25.3 Å². The van der Waals surface area contributed by atoms with Gasteiger partial charge in [0.2, 0.25) is 0 Å². The SMILES string of the molecule is C#C[C@]1(OC(=O)CCC(=O)O)CC[C@H]2[C@H]3CCC4=CC(=O)CC[C@@]4(C)[C@@H]3CC[C@@]21C. The van der Waals surface area contributed by atoms with E-state index in [-0.39, 0.29) is 29.5 Å². The molecule has 4 aliphatic rings. The Kier molecular flexibility index (Phi) is 5.11. The first-order valence-corrected chi connectivity index (χ1v) is 11.3. The smallest absolute Gasteiger partial charge is 0.307 e. The van der Waals surface area contributed by atoms with Gasteiger partial charge in [-0.2, -0.15) is 0 Å². The van der Waals surface area contributed by atoms with Gasteiger partial charge in [0, 0.05) is 11.8 Å². The third-order valence-electron chi connectivity index (χ3n) is 9.15. The molecule has 0 saturated heterocycles. The van der Waals surface area contributed by atoms with Crippen molar-refractivity contribution in [1.82, 2.24) is 0 Å². The maximum absolute atomic E-state index is 12.4. The second kappa shape index (κ2) is 7.25. The quantitative estimate of drug-likeness (QED) is 0.550. The molecule has 0 amide bonds. The number of esters is 1. The first kappa shape index (κ1) is 21.2. The average molecular weight is 413 g/mol. The standard InChI is InChI=1S/C25H32O5/c1-4-25(30-22(29)8-7-21(27)28)14-11-20-18-6-5-16-15-17(26)9-12-23(16,2)19(18)10-13-24(20,25)3/h1,15,18-20H,5-14H2,2-3H3,(H,27,28)/t18-,19+,20-,23+,24-,25-/m0/s1. The molecule has 0 heterocycles. The molecule has 0 spiro atoms. The minimum absolute atomic E-state index is 0.0950. The highest BCUT2D eigenvalue weighted by Crippen LogP contribution is 2.68. The molecule has 6 atom stereocenters. The van der Waals surface area contributed by atoms with Gasteiger partial charge >= 0.3 is 11.9 Å². The third-order valence-corrected chi connectivity index (χ3v) is 9.15. The summed E-state index contributed by atoms with van der Waals surface area (Å²) in [7, 11) is 0. The number of allylic oxidation sites excluding steroid dienone is 1. The molecule has 0 aliphatic heterocycles. The number of carbonyl (C=O) groups excluding carboxylic acids is 2. The fourth-order valence-corrected chi connectivity index (χ4v) is 7.45. The van der Waals surface area contributed by atoms with Crippen molar-refractivity contribution in [3.8, 4) is 12.3 Å². The number of aliphatic carboxylic acids is 1. The number of fused-ring (bicyclic) bond motifs is 5. The highest BCUT2D eigenvalue weighted by atomic mass is 16.6. The van der Waals surface area contributed by atoms with Crippen LogP contribution in [0.1, 0.15) is 78.1 Å². The number of carbonyl (C=O) groups is 3. The Labute approximate surface area is 178 Å². The summed E-state index contributed by atoms with van der Waals surface area (Å²) in [5.41, 5.74) is 0.198. The minimum atomic E-state index is -1.01. The highest BCUT2D eigenvalue weighted by molar-refractivity contribution is 5.91. The van der Waals surface area contributed by atoms with E-state index >= 15 is 0 Å². The maximum Gasteiger partial charge on any atom is 0.307 e. The summed E-state index contributed by atoms with van der Waals surface area (Å²) >= 11 is 0. The Bertz CT molecular complexity index is 850. The van der Waals surface area contributed by atoms with Crippen LogP contribution in [0.25, 0.3) is 0 Å². The van der Waals surface area contributed by atoms with Crippen LogP contribution in [0.15, 0.2) is 11.6 Å². The Morgan fingerprint density at radius 1 is 1.13 bits per heavy atom. The summed E-state index contributed by atoms with van der Waals surface area (Å²) in [6.07, 6.45) is 14.6.